The van der Waals surface area contributed by atoms with Gasteiger partial charge in [0.15, 0.2) is 9.84 Å². The maximum atomic E-state index is 11.7. The van der Waals surface area contributed by atoms with Crippen molar-refractivity contribution in [2.45, 2.75) is 23.6 Å². The molecule has 6 nitrogen and oxygen atoms in total. The van der Waals surface area contributed by atoms with Crippen LogP contribution in [0.4, 0.5) is 0 Å². The molecular formula is C15H20N2O4S. The topological polar surface area (TPSA) is 66.9 Å². The van der Waals surface area contributed by atoms with Crippen LogP contribution in [0.5, 0.6) is 0 Å². The van der Waals surface area contributed by atoms with Gasteiger partial charge >= 0.3 is 0 Å². The maximum absolute atomic E-state index is 11.7. The average molecular weight is 324 g/mol. The Bertz CT molecular complexity index is 671. The SMILES string of the molecule is CN1C(=O)COC2CN(Cc3ccc(S(C)(=O)=O)cc3)CC21. The largest absolute Gasteiger partial charge is 0.365 e. The van der Waals surface area contributed by atoms with E-state index in [1.807, 2.05) is 19.2 Å². The Morgan fingerprint density at radius 2 is 1.91 bits per heavy atom. The van der Waals surface area contributed by atoms with Crippen LogP contribution in [0.25, 0.3) is 0 Å². The molecule has 0 saturated carbocycles. The molecule has 1 aromatic rings. The van der Waals surface area contributed by atoms with Gasteiger partial charge in [0.05, 0.1) is 17.0 Å². The summed E-state index contributed by atoms with van der Waals surface area (Å²) < 4.78 is 28.5. The molecule has 1 amide bonds. The van der Waals surface area contributed by atoms with Crippen LogP contribution in [0.3, 0.4) is 0 Å². The van der Waals surface area contributed by atoms with Gasteiger partial charge in [-0.25, -0.2) is 8.42 Å². The molecule has 0 spiro atoms. The first kappa shape index (κ1) is 15.5. The van der Waals surface area contributed by atoms with Crippen molar-refractivity contribution in [3.63, 3.8) is 0 Å². The first-order valence-electron chi connectivity index (χ1n) is 7.23. The number of likely N-dealkylation sites (N-methyl/N-ethyl adjacent to an activating group) is 1. The molecule has 2 unspecified atom stereocenters. The minimum atomic E-state index is -3.16. The summed E-state index contributed by atoms with van der Waals surface area (Å²) in [5.41, 5.74) is 1.06. The molecule has 0 aromatic heterocycles. The first-order chi connectivity index (χ1) is 10.3. The van der Waals surface area contributed by atoms with Crippen molar-refractivity contribution in [2.24, 2.45) is 0 Å². The number of amides is 1. The first-order valence-corrected chi connectivity index (χ1v) is 9.12. The number of rotatable bonds is 3. The van der Waals surface area contributed by atoms with E-state index in [9.17, 15) is 13.2 Å². The predicted octanol–water partition coefficient (Wildman–Crippen LogP) is 0.132. The molecular weight excluding hydrogens is 304 g/mol. The van der Waals surface area contributed by atoms with Gasteiger partial charge in [-0.15, -0.1) is 0 Å². The highest BCUT2D eigenvalue weighted by atomic mass is 32.2. The third-order valence-electron chi connectivity index (χ3n) is 4.38. The monoisotopic (exact) mass is 324 g/mol. The van der Waals surface area contributed by atoms with E-state index in [0.29, 0.717) is 4.90 Å². The molecule has 2 fully saturated rings. The summed E-state index contributed by atoms with van der Waals surface area (Å²) in [6.45, 7) is 2.45. The standard InChI is InChI=1S/C15H20N2O4S/c1-16-13-8-17(9-14(13)21-10-15(16)18)7-11-3-5-12(6-4-11)22(2,19)20/h3-6,13-14H,7-10H2,1-2H3. The van der Waals surface area contributed by atoms with E-state index in [2.05, 4.69) is 4.90 Å². The second-order valence-electron chi connectivity index (χ2n) is 6.03. The zero-order chi connectivity index (χ0) is 15.9. The molecule has 0 bridgehead atoms. The van der Waals surface area contributed by atoms with Crippen molar-refractivity contribution in [1.82, 2.24) is 9.80 Å². The van der Waals surface area contributed by atoms with Crippen LogP contribution in [0.15, 0.2) is 29.2 Å². The Morgan fingerprint density at radius 1 is 1.23 bits per heavy atom. The van der Waals surface area contributed by atoms with Gasteiger partial charge in [0.25, 0.3) is 0 Å². The lowest BCUT2D eigenvalue weighted by Gasteiger charge is -2.33. The van der Waals surface area contributed by atoms with Gasteiger partial charge in [-0.2, -0.15) is 0 Å². The molecule has 2 atom stereocenters. The number of nitrogens with zero attached hydrogens (tertiary/aromatic N) is 2. The normalized spacial score (nSPS) is 26.3. The summed E-state index contributed by atoms with van der Waals surface area (Å²) in [6.07, 6.45) is 1.27. The second-order valence-corrected chi connectivity index (χ2v) is 8.05. The van der Waals surface area contributed by atoms with Crippen molar-refractivity contribution in [3.05, 3.63) is 29.8 Å². The molecule has 1 aromatic carbocycles. The minimum Gasteiger partial charge on any atom is -0.365 e. The Kier molecular flexibility index (Phi) is 3.96. The number of likely N-dealkylation sites (tertiary alicyclic amines) is 1. The van der Waals surface area contributed by atoms with Gasteiger partial charge in [-0.05, 0) is 17.7 Å². The lowest BCUT2D eigenvalue weighted by atomic mass is 10.1. The summed E-state index contributed by atoms with van der Waals surface area (Å²) in [6, 6.07) is 7.07. The molecule has 7 heteroatoms. The number of benzene rings is 1. The number of hydrogen-bond acceptors (Lipinski definition) is 5. The minimum absolute atomic E-state index is 0.0283. The number of ether oxygens (including phenoxy) is 1. The molecule has 3 rings (SSSR count). The molecule has 120 valence electrons. The molecule has 2 heterocycles. The summed E-state index contributed by atoms with van der Waals surface area (Å²) in [7, 11) is -1.33. The van der Waals surface area contributed by atoms with Crippen LogP contribution in [-0.2, 0) is 25.9 Å². The van der Waals surface area contributed by atoms with E-state index in [0.717, 1.165) is 25.2 Å². The van der Waals surface area contributed by atoms with Crippen molar-refractivity contribution < 1.29 is 17.9 Å². The summed E-state index contributed by atoms with van der Waals surface area (Å²) in [5.74, 6) is 0.0283. The zero-order valence-electron chi connectivity index (χ0n) is 12.7. The third kappa shape index (κ3) is 3.02. The molecule has 2 aliphatic rings. The van der Waals surface area contributed by atoms with Crippen LogP contribution in [0.2, 0.25) is 0 Å². The maximum Gasteiger partial charge on any atom is 0.248 e. The molecule has 2 saturated heterocycles. The number of morpholine rings is 1. The van der Waals surface area contributed by atoms with Gasteiger partial charge in [-0.3, -0.25) is 9.69 Å². The van der Waals surface area contributed by atoms with E-state index in [1.165, 1.54) is 6.26 Å². The van der Waals surface area contributed by atoms with Crippen LogP contribution < -0.4 is 0 Å². The Balaban J connectivity index is 1.66. The third-order valence-corrected chi connectivity index (χ3v) is 5.51. The molecule has 0 aliphatic carbocycles. The van der Waals surface area contributed by atoms with E-state index < -0.39 is 9.84 Å². The molecule has 22 heavy (non-hydrogen) atoms. The fraction of sp³-hybridized carbons (Fsp3) is 0.533. The number of sulfone groups is 1. The second kappa shape index (κ2) is 5.64. The molecule has 0 radical (unpaired) electrons. The van der Waals surface area contributed by atoms with Crippen LogP contribution in [-0.4, -0.2) is 69.3 Å². The summed E-state index contributed by atoms with van der Waals surface area (Å²) in [4.78, 5) is 16.0. The summed E-state index contributed by atoms with van der Waals surface area (Å²) in [5, 5.41) is 0. The molecule has 0 N–H and O–H groups in total. The predicted molar refractivity (Wildman–Crippen MR) is 81.1 cm³/mol. The van der Waals surface area contributed by atoms with E-state index >= 15 is 0 Å². The van der Waals surface area contributed by atoms with Crippen LogP contribution >= 0.6 is 0 Å². The van der Waals surface area contributed by atoms with E-state index in [1.54, 1.807) is 17.0 Å². The Morgan fingerprint density at radius 3 is 2.55 bits per heavy atom. The number of hydrogen-bond donors (Lipinski definition) is 0. The van der Waals surface area contributed by atoms with Gasteiger partial charge in [0.2, 0.25) is 5.91 Å². The van der Waals surface area contributed by atoms with E-state index in [4.69, 9.17) is 4.74 Å². The highest BCUT2D eigenvalue weighted by Gasteiger charge is 2.41. The quantitative estimate of drug-likeness (QED) is 0.791. The number of carbonyl (C=O) groups is 1. The van der Waals surface area contributed by atoms with Crippen molar-refractivity contribution in [3.8, 4) is 0 Å². The van der Waals surface area contributed by atoms with Crippen molar-refractivity contribution >= 4 is 15.7 Å². The van der Waals surface area contributed by atoms with Gasteiger partial charge in [0, 0.05) is 32.9 Å². The van der Waals surface area contributed by atoms with Crippen molar-refractivity contribution in [2.75, 3.05) is 33.0 Å². The molecule has 2 aliphatic heterocycles. The summed E-state index contributed by atoms with van der Waals surface area (Å²) >= 11 is 0. The lowest BCUT2D eigenvalue weighted by molar-refractivity contribution is -0.150. The van der Waals surface area contributed by atoms with Crippen molar-refractivity contribution in [1.29, 1.82) is 0 Å². The highest BCUT2D eigenvalue weighted by molar-refractivity contribution is 7.90. The number of fused-ring (bicyclic) bond motifs is 1. The highest BCUT2D eigenvalue weighted by Crippen LogP contribution is 2.24. The lowest BCUT2D eigenvalue weighted by Crippen LogP contribution is -2.51. The zero-order valence-corrected chi connectivity index (χ0v) is 13.5. The fourth-order valence-electron chi connectivity index (χ4n) is 3.06. The fourth-order valence-corrected chi connectivity index (χ4v) is 3.69. The van der Waals surface area contributed by atoms with Gasteiger partial charge in [0.1, 0.15) is 6.61 Å². The number of carbonyl (C=O) groups excluding carboxylic acids is 1. The van der Waals surface area contributed by atoms with Gasteiger partial charge in [-0.1, -0.05) is 12.1 Å². The Labute approximate surface area is 130 Å². The van der Waals surface area contributed by atoms with Crippen LogP contribution in [0.1, 0.15) is 5.56 Å². The Hall–Kier alpha value is -1.44. The van der Waals surface area contributed by atoms with E-state index in [-0.39, 0.29) is 24.7 Å². The van der Waals surface area contributed by atoms with Crippen LogP contribution in [0, 0.1) is 0 Å². The van der Waals surface area contributed by atoms with Gasteiger partial charge < -0.3 is 9.64 Å². The smallest absolute Gasteiger partial charge is 0.248 e. The average Bonchev–Trinajstić information content (AvgIpc) is 2.86.